The molecule has 12 heteroatoms. The van der Waals surface area contributed by atoms with Gasteiger partial charge in [-0.15, -0.1) is 0 Å². The normalized spacial score (nSPS) is 17.7. The molecule has 49 heavy (non-hydrogen) atoms. The zero-order valence-electron chi connectivity index (χ0n) is 27.5. The van der Waals surface area contributed by atoms with Crippen LogP contribution in [0.25, 0.3) is 0 Å². The van der Waals surface area contributed by atoms with Gasteiger partial charge in [0.05, 0.1) is 18.1 Å². The molecule has 1 saturated heterocycles. The first-order valence-corrected chi connectivity index (χ1v) is 16.3. The SMILES string of the molecule is CCC1=C(C(=O)OCc2ccccc2)C(c2ccc(F)cc2F)N(C(=O)NCCCN2CCC(C(=O)OC)(c3ccccc3)CC2)C(=O)N1. The van der Waals surface area contributed by atoms with E-state index in [0.29, 0.717) is 50.5 Å². The van der Waals surface area contributed by atoms with Gasteiger partial charge in [0.25, 0.3) is 0 Å². The van der Waals surface area contributed by atoms with Gasteiger partial charge in [-0.3, -0.25) is 4.79 Å². The Kier molecular flexibility index (Phi) is 11.4. The predicted octanol–water partition coefficient (Wildman–Crippen LogP) is 5.75. The first-order valence-electron chi connectivity index (χ1n) is 16.3. The molecule has 258 valence electrons. The highest BCUT2D eigenvalue weighted by Gasteiger charge is 2.45. The average Bonchev–Trinajstić information content (AvgIpc) is 3.12. The molecule has 2 heterocycles. The molecule has 3 aromatic carbocycles. The summed E-state index contributed by atoms with van der Waals surface area (Å²) in [4.78, 5) is 56.4. The number of nitrogens with one attached hydrogen (secondary N) is 2. The molecule has 0 spiro atoms. The summed E-state index contributed by atoms with van der Waals surface area (Å²) in [6.45, 7) is 3.64. The van der Waals surface area contributed by atoms with Gasteiger partial charge in [-0.05, 0) is 62.5 Å². The van der Waals surface area contributed by atoms with Crippen LogP contribution in [0.2, 0.25) is 0 Å². The Labute approximate surface area is 284 Å². The quantitative estimate of drug-likeness (QED) is 0.197. The monoisotopic (exact) mass is 674 g/mol. The van der Waals surface area contributed by atoms with Crippen molar-refractivity contribution in [3.8, 4) is 0 Å². The molecule has 1 atom stereocenters. The van der Waals surface area contributed by atoms with Crippen LogP contribution in [0.15, 0.2) is 90.1 Å². The fraction of sp³-hybridized carbons (Fsp3) is 0.351. The molecule has 4 amide bonds. The zero-order valence-corrected chi connectivity index (χ0v) is 27.5. The Morgan fingerprint density at radius 1 is 0.980 bits per heavy atom. The number of hydrogen-bond donors (Lipinski definition) is 2. The predicted molar refractivity (Wildman–Crippen MR) is 177 cm³/mol. The van der Waals surface area contributed by atoms with Crippen molar-refractivity contribution in [3.63, 3.8) is 0 Å². The maximum atomic E-state index is 15.3. The molecule has 0 bridgehead atoms. The van der Waals surface area contributed by atoms with Gasteiger partial charge in [0.15, 0.2) is 0 Å². The van der Waals surface area contributed by atoms with Crippen LogP contribution >= 0.6 is 0 Å². The number of methoxy groups -OCH3 is 1. The van der Waals surface area contributed by atoms with Crippen LogP contribution < -0.4 is 10.6 Å². The number of imide groups is 1. The Bertz CT molecular complexity index is 1690. The fourth-order valence-corrected chi connectivity index (χ4v) is 6.51. The molecule has 0 radical (unpaired) electrons. The number of nitrogens with zero attached hydrogens (tertiary/aromatic N) is 2. The van der Waals surface area contributed by atoms with E-state index in [1.807, 2.05) is 36.4 Å². The standard InChI is InChI=1S/C37H40F2N4O6/c1-3-30-31(33(44)49-24-25-11-6-4-7-12-25)32(28-16-15-27(38)23-29(28)39)43(36(47)41-30)35(46)40-19-10-20-42-21-17-37(18-22-42,34(45)48-2)26-13-8-5-9-14-26/h4-9,11-16,23,32H,3,10,17-22,24H2,1-2H3,(H,40,46)(H,41,47). The topological polar surface area (TPSA) is 117 Å². The minimum Gasteiger partial charge on any atom is -0.468 e. The second-order valence-electron chi connectivity index (χ2n) is 12.0. The number of carbonyl (C=O) groups is 4. The number of piperidine rings is 1. The van der Waals surface area contributed by atoms with Crippen molar-refractivity contribution in [1.29, 1.82) is 0 Å². The van der Waals surface area contributed by atoms with Crippen LogP contribution in [0, 0.1) is 11.6 Å². The highest BCUT2D eigenvalue weighted by molar-refractivity contribution is 6.01. The molecule has 2 aliphatic heterocycles. The van der Waals surface area contributed by atoms with Gasteiger partial charge >= 0.3 is 24.0 Å². The van der Waals surface area contributed by atoms with E-state index in [1.54, 1.807) is 31.2 Å². The molecule has 3 aromatic rings. The van der Waals surface area contributed by atoms with Gasteiger partial charge in [0.1, 0.15) is 24.3 Å². The fourth-order valence-electron chi connectivity index (χ4n) is 6.51. The number of halogens is 2. The number of allylic oxidation sites excluding steroid dienone is 1. The van der Waals surface area contributed by atoms with Crippen molar-refractivity contribution in [1.82, 2.24) is 20.4 Å². The minimum absolute atomic E-state index is 0.0957. The largest absolute Gasteiger partial charge is 0.468 e. The van der Waals surface area contributed by atoms with E-state index in [1.165, 1.54) is 7.11 Å². The molecule has 5 rings (SSSR count). The highest BCUT2D eigenvalue weighted by atomic mass is 19.1. The Balaban J connectivity index is 1.28. The molecule has 1 fully saturated rings. The first-order chi connectivity index (χ1) is 23.7. The van der Waals surface area contributed by atoms with Gasteiger partial charge in [-0.2, -0.15) is 0 Å². The van der Waals surface area contributed by atoms with Crippen LogP contribution in [0.3, 0.4) is 0 Å². The lowest BCUT2D eigenvalue weighted by Crippen LogP contribution is -2.55. The second-order valence-corrected chi connectivity index (χ2v) is 12.0. The van der Waals surface area contributed by atoms with E-state index in [0.717, 1.165) is 22.6 Å². The molecular formula is C37H40F2N4O6. The third kappa shape index (κ3) is 7.80. The molecule has 1 unspecified atom stereocenters. The number of esters is 2. The smallest absolute Gasteiger partial charge is 0.338 e. The van der Waals surface area contributed by atoms with Gasteiger partial charge in [0.2, 0.25) is 0 Å². The Hall–Kier alpha value is -5.10. The van der Waals surface area contributed by atoms with Crippen molar-refractivity contribution in [2.45, 2.75) is 50.7 Å². The maximum Gasteiger partial charge on any atom is 0.338 e. The van der Waals surface area contributed by atoms with E-state index in [4.69, 9.17) is 9.47 Å². The number of benzene rings is 3. The van der Waals surface area contributed by atoms with Crippen LogP contribution in [-0.4, -0.2) is 67.1 Å². The van der Waals surface area contributed by atoms with Crippen LogP contribution in [0.1, 0.15) is 55.3 Å². The Morgan fingerprint density at radius 3 is 2.29 bits per heavy atom. The summed E-state index contributed by atoms with van der Waals surface area (Å²) >= 11 is 0. The lowest BCUT2D eigenvalue weighted by atomic mass is 9.72. The van der Waals surface area contributed by atoms with E-state index >= 15 is 4.39 Å². The van der Waals surface area contributed by atoms with E-state index in [-0.39, 0.29) is 42.4 Å². The molecule has 0 aliphatic carbocycles. The summed E-state index contributed by atoms with van der Waals surface area (Å²) in [6, 6.07) is 18.1. The average molecular weight is 675 g/mol. The number of urea groups is 2. The third-order valence-electron chi connectivity index (χ3n) is 9.13. The second kappa shape index (κ2) is 15.9. The first kappa shape index (κ1) is 35.2. The molecule has 0 saturated carbocycles. The van der Waals surface area contributed by atoms with Crippen LogP contribution in [0.4, 0.5) is 18.4 Å². The van der Waals surface area contributed by atoms with Crippen LogP contribution in [0.5, 0.6) is 0 Å². The van der Waals surface area contributed by atoms with Crippen molar-refractivity contribution in [2.75, 3.05) is 33.3 Å². The van der Waals surface area contributed by atoms with E-state index < -0.39 is 41.1 Å². The van der Waals surface area contributed by atoms with Crippen molar-refractivity contribution in [2.24, 2.45) is 0 Å². The number of likely N-dealkylation sites (tertiary alicyclic amines) is 1. The number of rotatable bonds is 11. The van der Waals surface area contributed by atoms with Gasteiger partial charge in [-0.1, -0.05) is 73.7 Å². The van der Waals surface area contributed by atoms with Crippen LogP contribution in [-0.2, 0) is 31.1 Å². The van der Waals surface area contributed by atoms with Gasteiger partial charge in [-0.25, -0.2) is 28.1 Å². The third-order valence-corrected chi connectivity index (χ3v) is 9.13. The van der Waals surface area contributed by atoms with Crippen molar-refractivity contribution >= 4 is 24.0 Å². The summed E-state index contributed by atoms with van der Waals surface area (Å²) in [7, 11) is 1.40. The summed E-state index contributed by atoms with van der Waals surface area (Å²) in [5.41, 5.74) is 0.717. The zero-order chi connectivity index (χ0) is 35.0. The number of carbonyl (C=O) groups excluding carboxylic acids is 4. The van der Waals surface area contributed by atoms with Crippen molar-refractivity contribution in [3.05, 3.63) is 118 Å². The van der Waals surface area contributed by atoms with Gasteiger partial charge in [0, 0.05) is 23.9 Å². The molecule has 2 N–H and O–H groups in total. The van der Waals surface area contributed by atoms with E-state index in [9.17, 15) is 23.6 Å². The lowest BCUT2D eigenvalue weighted by molar-refractivity contribution is -0.149. The molecule has 0 aromatic heterocycles. The highest BCUT2D eigenvalue weighted by Crippen LogP contribution is 2.38. The minimum atomic E-state index is -1.51. The lowest BCUT2D eigenvalue weighted by Gasteiger charge is -2.40. The Morgan fingerprint density at radius 2 is 1.65 bits per heavy atom. The van der Waals surface area contributed by atoms with E-state index in [2.05, 4.69) is 15.5 Å². The summed E-state index contributed by atoms with van der Waals surface area (Å²) in [6.07, 6.45) is 1.83. The molecule has 2 aliphatic rings. The summed E-state index contributed by atoms with van der Waals surface area (Å²) < 4.78 is 40.0. The van der Waals surface area contributed by atoms with Crippen molar-refractivity contribution < 1.29 is 37.4 Å². The summed E-state index contributed by atoms with van der Waals surface area (Å²) in [5, 5.41) is 5.32. The van der Waals surface area contributed by atoms with Gasteiger partial charge < -0.3 is 25.0 Å². The molecular weight excluding hydrogens is 634 g/mol. The number of ether oxygens (including phenoxy) is 2. The molecule has 10 nitrogen and oxygen atoms in total. The maximum absolute atomic E-state index is 15.3. The number of amides is 4. The number of hydrogen-bond acceptors (Lipinski definition) is 7. The summed E-state index contributed by atoms with van der Waals surface area (Å²) in [5.74, 6) is -2.99.